The third kappa shape index (κ3) is 7.11. The topological polar surface area (TPSA) is 86.2 Å². The third-order valence-electron chi connectivity index (χ3n) is 5.93. The Labute approximate surface area is 203 Å². The summed E-state index contributed by atoms with van der Waals surface area (Å²) in [4.78, 5) is 19.0. The van der Waals surface area contributed by atoms with Crippen LogP contribution in [-0.4, -0.2) is 62.1 Å². The number of hydrogen-bond acceptors (Lipinski definition) is 6. The number of aromatic hydroxyl groups is 1. The number of rotatable bonds is 8. The second kappa shape index (κ2) is 11.4. The number of ether oxygens (including phenoxy) is 1. The number of nitrogens with zero attached hydrogens (tertiary/aromatic N) is 2. The lowest BCUT2D eigenvalue weighted by Gasteiger charge is -2.30. The number of phenols is 1. The van der Waals surface area contributed by atoms with Crippen molar-refractivity contribution in [2.75, 3.05) is 39.1 Å². The first-order valence-electron chi connectivity index (χ1n) is 11.4. The molecule has 2 aromatic carbocycles. The van der Waals surface area contributed by atoms with Gasteiger partial charge in [-0.05, 0) is 62.7 Å². The fourth-order valence-electron chi connectivity index (χ4n) is 4.23. The van der Waals surface area contributed by atoms with Crippen LogP contribution in [0.5, 0.6) is 11.5 Å². The van der Waals surface area contributed by atoms with Crippen molar-refractivity contribution in [1.29, 1.82) is 0 Å². The fraction of sp³-hybridized carbons (Fsp3) is 0.440. The number of likely N-dealkylation sites (N-methyl/N-ethyl adjacent to an activating group) is 1. The molecule has 10 heteroatoms. The van der Waals surface area contributed by atoms with Crippen molar-refractivity contribution in [3.05, 3.63) is 47.0 Å². The van der Waals surface area contributed by atoms with E-state index in [4.69, 9.17) is 4.74 Å². The van der Waals surface area contributed by atoms with E-state index in [9.17, 15) is 23.1 Å². The van der Waals surface area contributed by atoms with Gasteiger partial charge in [0.2, 0.25) is 0 Å². The minimum atomic E-state index is -4.57. The van der Waals surface area contributed by atoms with E-state index in [1.165, 1.54) is 24.8 Å². The molecular formula is C25H31F3N4O3. The van der Waals surface area contributed by atoms with Gasteiger partial charge in [0.25, 0.3) is 5.91 Å². The lowest BCUT2D eigenvalue weighted by molar-refractivity contribution is -0.123. The molecule has 3 rings (SSSR count). The van der Waals surface area contributed by atoms with Crippen molar-refractivity contribution in [3.63, 3.8) is 0 Å². The second-order valence-electron chi connectivity index (χ2n) is 8.61. The van der Waals surface area contributed by atoms with Crippen LogP contribution >= 0.6 is 0 Å². The quantitative estimate of drug-likeness (QED) is 0.460. The van der Waals surface area contributed by atoms with Crippen LogP contribution < -0.4 is 15.4 Å². The highest BCUT2D eigenvalue weighted by Gasteiger charge is 2.29. The maximum Gasteiger partial charge on any atom is 0.405 e. The van der Waals surface area contributed by atoms with Gasteiger partial charge in [-0.2, -0.15) is 13.2 Å². The molecule has 7 nitrogen and oxygen atoms in total. The van der Waals surface area contributed by atoms with Crippen LogP contribution in [0.1, 0.15) is 47.2 Å². The number of likely N-dealkylation sites (tertiary alicyclic amines) is 1. The van der Waals surface area contributed by atoms with Gasteiger partial charge in [-0.3, -0.25) is 9.79 Å². The molecule has 0 aliphatic carbocycles. The number of alkyl halides is 3. The molecule has 1 saturated heterocycles. The van der Waals surface area contributed by atoms with E-state index in [0.717, 1.165) is 37.2 Å². The highest BCUT2D eigenvalue weighted by atomic mass is 19.4. The number of halogens is 3. The van der Waals surface area contributed by atoms with Crippen molar-refractivity contribution >= 4 is 23.5 Å². The number of carbonyl (C=O) groups excluding carboxylic acids is 1. The number of anilines is 2. The van der Waals surface area contributed by atoms with Crippen molar-refractivity contribution in [1.82, 2.24) is 10.2 Å². The zero-order valence-corrected chi connectivity index (χ0v) is 20.1. The lowest BCUT2D eigenvalue weighted by atomic mass is 9.89. The molecular weight excluding hydrogens is 461 g/mol. The second-order valence-corrected chi connectivity index (χ2v) is 8.61. The lowest BCUT2D eigenvalue weighted by Crippen LogP contribution is -2.33. The zero-order valence-electron chi connectivity index (χ0n) is 20.1. The number of phenolic OH excluding ortho intramolecular Hbond substituents is 1. The first-order chi connectivity index (χ1) is 16.6. The van der Waals surface area contributed by atoms with Crippen LogP contribution in [0.3, 0.4) is 0 Å². The molecule has 35 heavy (non-hydrogen) atoms. The average Bonchev–Trinajstić information content (AvgIpc) is 2.81. The van der Waals surface area contributed by atoms with Gasteiger partial charge in [0.05, 0.1) is 13.7 Å². The fourth-order valence-corrected chi connectivity index (χ4v) is 4.23. The molecule has 0 saturated carbocycles. The molecule has 0 spiro atoms. The van der Waals surface area contributed by atoms with Crippen LogP contribution in [0.15, 0.2) is 35.3 Å². The van der Waals surface area contributed by atoms with Gasteiger partial charge in [0.1, 0.15) is 23.6 Å². The number of aliphatic imine (C=N–C) groups is 1. The summed E-state index contributed by atoms with van der Waals surface area (Å²) in [5.74, 6) is -1.20. The Hall–Kier alpha value is -3.27. The summed E-state index contributed by atoms with van der Waals surface area (Å²) in [6.07, 6.45) is -0.577. The van der Waals surface area contributed by atoms with Crippen LogP contribution in [0, 0.1) is 0 Å². The number of benzene rings is 2. The van der Waals surface area contributed by atoms with Gasteiger partial charge in [0.15, 0.2) is 0 Å². The highest BCUT2D eigenvalue weighted by molar-refractivity contribution is 6.00. The number of piperidine rings is 1. The minimum absolute atomic E-state index is 0.0535. The summed E-state index contributed by atoms with van der Waals surface area (Å²) in [6, 6.07) is 8.90. The first-order valence-corrected chi connectivity index (χ1v) is 11.4. The molecule has 1 unspecified atom stereocenters. The van der Waals surface area contributed by atoms with E-state index in [-0.39, 0.29) is 11.3 Å². The Morgan fingerprint density at radius 1 is 1.31 bits per heavy atom. The SMILES string of the molecule is CC=NCc1cc(C2CCCN(C)C2)ccc1Nc1cc(O)c(C(=O)NCC(F)(F)F)c(OC)c1. The number of hydrogen-bond donors (Lipinski definition) is 3. The predicted octanol–water partition coefficient (Wildman–Crippen LogP) is 4.84. The minimum Gasteiger partial charge on any atom is -0.507 e. The number of nitrogens with one attached hydrogen (secondary N) is 2. The summed E-state index contributed by atoms with van der Waals surface area (Å²) in [5, 5.41) is 15.4. The van der Waals surface area contributed by atoms with Crippen LogP contribution in [-0.2, 0) is 6.54 Å². The molecule has 190 valence electrons. The standard InChI is InChI=1S/C25H31F3N4O3/c1-4-29-13-18-10-16(17-6-5-9-32(2)14-17)7-8-20(18)31-19-11-21(33)23(22(12-19)35-3)24(34)30-15-25(26,27)28/h4,7-8,10-12,17,31,33H,5-6,9,13-15H2,1-3H3,(H,30,34). The summed E-state index contributed by atoms with van der Waals surface area (Å²) in [6.45, 7) is 2.87. The van der Waals surface area contributed by atoms with Gasteiger partial charge >= 0.3 is 6.18 Å². The average molecular weight is 493 g/mol. The van der Waals surface area contributed by atoms with Gasteiger partial charge in [-0.1, -0.05) is 12.1 Å². The van der Waals surface area contributed by atoms with Gasteiger partial charge in [-0.15, -0.1) is 0 Å². The molecule has 1 heterocycles. The number of methoxy groups -OCH3 is 1. The van der Waals surface area contributed by atoms with Crippen molar-refractivity contribution in [2.24, 2.45) is 4.99 Å². The summed E-state index contributed by atoms with van der Waals surface area (Å²) < 4.78 is 42.6. The summed E-state index contributed by atoms with van der Waals surface area (Å²) >= 11 is 0. The van der Waals surface area contributed by atoms with Crippen LogP contribution in [0.25, 0.3) is 0 Å². The Kier molecular flexibility index (Phi) is 8.61. The van der Waals surface area contributed by atoms with E-state index in [1.54, 1.807) is 11.5 Å². The van der Waals surface area contributed by atoms with E-state index in [0.29, 0.717) is 18.2 Å². The van der Waals surface area contributed by atoms with Crippen molar-refractivity contribution < 1.29 is 27.8 Å². The van der Waals surface area contributed by atoms with Crippen LogP contribution in [0.4, 0.5) is 24.5 Å². The molecule has 1 amide bonds. The van der Waals surface area contributed by atoms with Gasteiger partial charge in [-0.25, -0.2) is 0 Å². The smallest absolute Gasteiger partial charge is 0.405 e. The van der Waals surface area contributed by atoms with E-state index in [2.05, 4.69) is 34.4 Å². The van der Waals surface area contributed by atoms with Crippen molar-refractivity contribution in [3.8, 4) is 11.5 Å². The maximum absolute atomic E-state index is 12.5. The zero-order chi connectivity index (χ0) is 25.6. The maximum atomic E-state index is 12.5. The summed E-state index contributed by atoms with van der Waals surface area (Å²) in [5.41, 5.74) is 3.01. The molecule has 1 atom stereocenters. The van der Waals surface area contributed by atoms with Gasteiger partial charge in [0, 0.05) is 30.1 Å². The largest absolute Gasteiger partial charge is 0.507 e. The van der Waals surface area contributed by atoms with Crippen LogP contribution in [0.2, 0.25) is 0 Å². The third-order valence-corrected chi connectivity index (χ3v) is 5.93. The summed E-state index contributed by atoms with van der Waals surface area (Å²) in [7, 11) is 3.40. The molecule has 1 aliphatic rings. The monoisotopic (exact) mass is 492 g/mol. The normalized spacial score (nSPS) is 16.9. The molecule has 1 aliphatic heterocycles. The molecule has 0 radical (unpaired) electrons. The Bertz CT molecular complexity index is 1070. The van der Waals surface area contributed by atoms with E-state index in [1.807, 2.05) is 13.0 Å². The number of carbonyl (C=O) groups is 1. The first kappa shape index (κ1) is 26.3. The predicted molar refractivity (Wildman–Crippen MR) is 130 cm³/mol. The molecule has 2 aromatic rings. The van der Waals surface area contributed by atoms with Gasteiger partial charge < -0.3 is 25.4 Å². The Morgan fingerprint density at radius 3 is 2.74 bits per heavy atom. The van der Waals surface area contributed by atoms with E-state index >= 15 is 0 Å². The van der Waals surface area contributed by atoms with Crippen molar-refractivity contribution in [2.45, 2.75) is 38.4 Å². The molecule has 1 fully saturated rings. The highest BCUT2D eigenvalue weighted by Crippen LogP contribution is 2.35. The number of amides is 1. The molecule has 3 N–H and O–H groups in total. The van der Waals surface area contributed by atoms with E-state index < -0.39 is 24.4 Å². The Balaban J connectivity index is 1.87. The Morgan fingerprint density at radius 2 is 2.09 bits per heavy atom. The molecule has 0 aromatic heterocycles. The molecule has 0 bridgehead atoms.